The van der Waals surface area contributed by atoms with Gasteiger partial charge in [-0.05, 0) is 38.0 Å². The summed E-state index contributed by atoms with van der Waals surface area (Å²) in [6, 6.07) is 3.22. The van der Waals surface area contributed by atoms with Crippen LogP contribution in [0.25, 0.3) is 0 Å². The molecule has 4 N–H and O–H groups in total. The van der Waals surface area contributed by atoms with Gasteiger partial charge >= 0.3 is 0 Å². The van der Waals surface area contributed by atoms with E-state index in [9.17, 15) is 9.59 Å². The predicted molar refractivity (Wildman–Crippen MR) is 98.1 cm³/mol. The average Bonchev–Trinajstić information content (AvgIpc) is 3.01. The quantitative estimate of drug-likeness (QED) is 0.708. The molecule has 8 nitrogen and oxygen atoms in total. The molecule has 4 rings (SSSR count). The highest BCUT2D eigenvalue weighted by Crippen LogP contribution is 2.41. The lowest BCUT2D eigenvalue weighted by Crippen LogP contribution is -2.49. The number of nitrogens with two attached hydrogens (primary N) is 1. The number of rotatable bonds is 2. The third-order valence-electron chi connectivity index (χ3n) is 5.09. The lowest BCUT2D eigenvalue weighted by atomic mass is 9.97. The van der Waals surface area contributed by atoms with E-state index < -0.39 is 5.66 Å². The molecule has 1 aliphatic heterocycles. The van der Waals surface area contributed by atoms with Gasteiger partial charge in [-0.15, -0.1) is 0 Å². The maximum atomic E-state index is 13.3. The molecule has 8 heteroatoms. The number of carbonyl (C=O) groups excluding carboxylic acids is 1. The van der Waals surface area contributed by atoms with Crippen molar-refractivity contribution in [1.29, 1.82) is 0 Å². The minimum atomic E-state index is -0.819. The summed E-state index contributed by atoms with van der Waals surface area (Å²) in [7, 11) is 0. The van der Waals surface area contributed by atoms with Gasteiger partial charge in [-0.2, -0.15) is 0 Å². The molecule has 2 aliphatic rings. The highest BCUT2D eigenvalue weighted by Gasteiger charge is 2.49. The van der Waals surface area contributed by atoms with Crippen LogP contribution in [0.4, 0.5) is 17.3 Å². The smallest absolute Gasteiger partial charge is 0.277 e. The zero-order chi connectivity index (χ0) is 18.6. The minimum Gasteiger partial charge on any atom is -0.384 e. The van der Waals surface area contributed by atoms with E-state index >= 15 is 0 Å². The summed E-state index contributed by atoms with van der Waals surface area (Å²) in [6.45, 7) is 5.87. The lowest BCUT2D eigenvalue weighted by Gasteiger charge is -2.30. The molecule has 1 amide bonds. The van der Waals surface area contributed by atoms with E-state index in [-0.39, 0.29) is 17.4 Å². The molecule has 134 valence electrons. The van der Waals surface area contributed by atoms with Crippen LogP contribution in [-0.4, -0.2) is 20.4 Å². The number of pyridine rings is 1. The standard InChI is InChI=1S/C18H20N6O2/c1-9-4-11(3)18(7-9)23-16(25)15-10(2)5-12(17(26)24(15)18)22-14-6-13(19)20-8-21-14/h5-8,11H,4H2,1-3H3,(H,23,25)(H3,19,20,21,22). The van der Waals surface area contributed by atoms with Gasteiger partial charge in [-0.25, -0.2) is 9.97 Å². The first-order chi connectivity index (χ1) is 12.3. The maximum absolute atomic E-state index is 13.3. The lowest BCUT2D eigenvalue weighted by molar-refractivity contribution is 0.0918. The second kappa shape index (κ2) is 5.42. The van der Waals surface area contributed by atoms with Crippen molar-refractivity contribution in [2.75, 3.05) is 11.1 Å². The number of anilines is 3. The number of hydrogen-bond donors (Lipinski definition) is 3. The van der Waals surface area contributed by atoms with Crippen LogP contribution in [-0.2, 0) is 5.66 Å². The first-order valence-corrected chi connectivity index (χ1v) is 8.44. The van der Waals surface area contributed by atoms with Crippen LogP contribution in [0.1, 0.15) is 36.3 Å². The highest BCUT2D eigenvalue weighted by atomic mass is 16.2. The molecule has 0 aromatic carbocycles. The van der Waals surface area contributed by atoms with E-state index in [1.165, 1.54) is 6.33 Å². The summed E-state index contributed by atoms with van der Waals surface area (Å²) >= 11 is 0. The molecule has 0 saturated carbocycles. The molecule has 26 heavy (non-hydrogen) atoms. The Kier molecular flexibility index (Phi) is 3.40. The average molecular weight is 352 g/mol. The number of nitrogen functional groups attached to an aromatic ring is 1. The number of hydrogen-bond acceptors (Lipinski definition) is 6. The first-order valence-electron chi connectivity index (χ1n) is 8.44. The number of allylic oxidation sites excluding steroid dienone is 1. The van der Waals surface area contributed by atoms with Crippen molar-refractivity contribution in [3.8, 4) is 0 Å². The molecule has 2 aromatic rings. The summed E-state index contributed by atoms with van der Waals surface area (Å²) in [5, 5.41) is 6.04. The molecule has 0 radical (unpaired) electrons. The van der Waals surface area contributed by atoms with Gasteiger partial charge in [0.05, 0.1) is 0 Å². The fourth-order valence-electron chi connectivity index (χ4n) is 4.00. The van der Waals surface area contributed by atoms with Crippen molar-refractivity contribution in [2.45, 2.75) is 32.9 Å². The zero-order valence-electron chi connectivity index (χ0n) is 14.8. The normalized spacial score (nSPS) is 23.7. The Morgan fingerprint density at radius 1 is 1.31 bits per heavy atom. The number of aromatic nitrogens is 3. The molecule has 1 spiro atoms. The van der Waals surface area contributed by atoms with Crippen molar-refractivity contribution in [3.05, 3.63) is 51.7 Å². The fraction of sp³-hybridized carbons (Fsp3) is 0.333. The van der Waals surface area contributed by atoms with Gasteiger partial charge in [0.2, 0.25) is 0 Å². The van der Waals surface area contributed by atoms with E-state index in [2.05, 4.69) is 20.6 Å². The van der Waals surface area contributed by atoms with Gasteiger partial charge < -0.3 is 16.4 Å². The monoisotopic (exact) mass is 352 g/mol. The second-order valence-electron chi connectivity index (χ2n) is 7.06. The van der Waals surface area contributed by atoms with Crippen LogP contribution in [0.15, 0.2) is 34.9 Å². The SMILES string of the molecule is CC1=CC2(NC(=O)c3c(C)cc(Nc4cc(N)ncn4)c(=O)n32)C(C)C1. The van der Waals surface area contributed by atoms with Crippen LogP contribution < -0.4 is 21.9 Å². The number of amides is 1. The predicted octanol–water partition coefficient (Wildman–Crippen LogP) is 1.65. The molecule has 0 saturated heterocycles. The minimum absolute atomic E-state index is 0.0785. The molecular formula is C18H20N6O2. The van der Waals surface area contributed by atoms with E-state index in [1.807, 2.05) is 26.8 Å². The third kappa shape index (κ3) is 2.22. The Morgan fingerprint density at radius 3 is 2.73 bits per heavy atom. The number of carbonyl (C=O) groups is 1. The molecule has 2 atom stereocenters. The van der Waals surface area contributed by atoms with E-state index in [1.54, 1.807) is 16.7 Å². The largest absolute Gasteiger partial charge is 0.384 e. The first kappa shape index (κ1) is 16.3. The van der Waals surface area contributed by atoms with Crippen LogP contribution >= 0.6 is 0 Å². The van der Waals surface area contributed by atoms with Gasteiger partial charge in [0.15, 0.2) is 0 Å². The molecule has 0 bridgehead atoms. The van der Waals surface area contributed by atoms with Crippen molar-refractivity contribution in [3.63, 3.8) is 0 Å². The fourth-order valence-corrected chi connectivity index (χ4v) is 4.00. The number of nitrogens with zero attached hydrogens (tertiary/aromatic N) is 3. The van der Waals surface area contributed by atoms with Crippen molar-refractivity contribution in [1.82, 2.24) is 19.9 Å². The summed E-state index contributed by atoms with van der Waals surface area (Å²) in [6.07, 6.45) is 4.14. The molecule has 2 unspecified atom stereocenters. The second-order valence-corrected chi connectivity index (χ2v) is 7.06. The molecule has 1 aliphatic carbocycles. The molecule has 2 aromatic heterocycles. The van der Waals surface area contributed by atoms with Crippen molar-refractivity contribution < 1.29 is 4.79 Å². The third-order valence-corrected chi connectivity index (χ3v) is 5.09. The van der Waals surface area contributed by atoms with Crippen LogP contribution in [0.3, 0.4) is 0 Å². The van der Waals surface area contributed by atoms with E-state index in [4.69, 9.17) is 5.73 Å². The van der Waals surface area contributed by atoms with Crippen LogP contribution in [0, 0.1) is 12.8 Å². The van der Waals surface area contributed by atoms with Crippen molar-refractivity contribution >= 4 is 23.2 Å². The van der Waals surface area contributed by atoms with Gasteiger partial charge in [0.25, 0.3) is 11.5 Å². The topological polar surface area (TPSA) is 115 Å². The summed E-state index contributed by atoms with van der Waals surface area (Å²) < 4.78 is 1.58. The Bertz CT molecular complexity index is 1020. The molecular weight excluding hydrogens is 332 g/mol. The molecule has 0 fully saturated rings. The number of fused-ring (bicyclic) bond motifs is 2. The molecule has 3 heterocycles. The Hall–Kier alpha value is -3.16. The van der Waals surface area contributed by atoms with Gasteiger partial charge in [0, 0.05) is 12.0 Å². The van der Waals surface area contributed by atoms with Crippen LogP contribution in [0.5, 0.6) is 0 Å². The Labute approximate surface area is 150 Å². The van der Waals surface area contributed by atoms with Gasteiger partial charge in [-0.3, -0.25) is 14.2 Å². The maximum Gasteiger partial charge on any atom is 0.277 e. The zero-order valence-corrected chi connectivity index (χ0v) is 14.8. The Morgan fingerprint density at radius 2 is 2.08 bits per heavy atom. The summed E-state index contributed by atoms with van der Waals surface area (Å²) in [5.74, 6) is 0.578. The number of nitrogens with one attached hydrogen (secondary N) is 2. The van der Waals surface area contributed by atoms with E-state index in [0.717, 1.165) is 12.0 Å². The van der Waals surface area contributed by atoms with Crippen LogP contribution in [0.2, 0.25) is 0 Å². The highest BCUT2D eigenvalue weighted by molar-refractivity contribution is 5.97. The van der Waals surface area contributed by atoms with Gasteiger partial charge in [-0.1, -0.05) is 12.5 Å². The summed E-state index contributed by atoms with van der Waals surface area (Å²) in [5.41, 5.74) is 7.19. The number of aryl methyl sites for hydroxylation is 1. The van der Waals surface area contributed by atoms with E-state index in [0.29, 0.717) is 28.6 Å². The van der Waals surface area contributed by atoms with Gasteiger partial charge in [0.1, 0.15) is 35.0 Å². The Balaban J connectivity index is 1.90. The summed E-state index contributed by atoms with van der Waals surface area (Å²) in [4.78, 5) is 33.8. The van der Waals surface area contributed by atoms with Crippen molar-refractivity contribution in [2.24, 2.45) is 5.92 Å².